The Labute approximate surface area is 83.3 Å². The molecular formula is C12H25N. The van der Waals surface area contributed by atoms with Crippen LogP contribution in [0.25, 0.3) is 0 Å². The van der Waals surface area contributed by atoms with Crippen molar-refractivity contribution in [1.29, 1.82) is 0 Å². The summed E-state index contributed by atoms with van der Waals surface area (Å²) in [6, 6.07) is 0. The number of hydrogen-bond acceptors (Lipinski definition) is 1. The molecule has 1 saturated heterocycles. The van der Waals surface area contributed by atoms with E-state index in [9.17, 15) is 0 Å². The van der Waals surface area contributed by atoms with Crippen molar-refractivity contribution in [2.45, 2.75) is 47.0 Å². The van der Waals surface area contributed by atoms with Gasteiger partial charge in [0.2, 0.25) is 0 Å². The van der Waals surface area contributed by atoms with E-state index >= 15 is 0 Å². The van der Waals surface area contributed by atoms with E-state index in [1.165, 1.54) is 32.4 Å². The van der Waals surface area contributed by atoms with Gasteiger partial charge in [-0.1, -0.05) is 27.7 Å². The molecule has 1 nitrogen and oxygen atoms in total. The zero-order valence-corrected chi connectivity index (χ0v) is 9.69. The Morgan fingerprint density at radius 3 is 2.46 bits per heavy atom. The predicted octanol–water partition coefficient (Wildman–Crippen LogP) is 3.06. The van der Waals surface area contributed by atoms with Crippen LogP contribution in [0.2, 0.25) is 0 Å². The maximum atomic E-state index is 3.51. The molecule has 0 bridgehead atoms. The summed E-state index contributed by atoms with van der Waals surface area (Å²) >= 11 is 0. The first kappa shape index (κ1) is 11.0. The Bertz CT molecular complexity index is 151. The fourth-order valence-corrected chi connectivity index (χ4v) is 2.92. The van der Waals surface area contributed by atoms with Gasteiger partial charge in [0.15, 0.2) is 0 Å². The van der Waals surface area contributed by atoms with Gasteiger partial charge in [-0.05, 0) is 49.6 Å². The van der Waals surface area contributed by atoms with Crippen molar-refractivity contribution in [1.82, 2.24) is 5.32 Å². The third-order valence-electron chi connectivity index (χ3n) is 3.79. The number of nitrogens with one attached hydrogen (secondary N) is 1. The van der Waals surface area contributed by atoms with Gasteiger partial charge >= 0.3 is 0 Å². The lowest BCUT2D eigenvalue weighted by molar-refractivity contribution is 0.179. The highest BCUT2D eigenvalue weighted by Gasteiger charge is 2.42. The van der Waals surface area contributed by atoms with Crippen LogP contribution in [0, 0.1) is 17.3 Å². The first-order valence-corrected chi connectivity index (χ1v) is 5.91. The van der Waals surface area contributed by atoms with Gasteiger partial charge in [0.05, 0.1) is 0 Å². The summed E-state index contributed by atoms with van der Waals surface area (Å²) in [6.07, 6.45) is 4.36. The first-order valence-electron chi connectivity index (χ1n) is 5.91. The van der Waals surface area contributed by atoms with Gasteiger partial charge in [-0.25, -0.2) is 0 Å². The number of rotatable bonds is 0. The Kier molecular flexibility index (Phi) is 3.78. The zero-order chi connectivity index (χ0) is 9.90. The first-order chi connectivity index (χ1) is 6.20. The molecule has 1 N–H and O–H groups in total. The number of fused-ring (bicyclic) bond motifs is 1. The third kappa shape index (κ3) is 2.25. The van der Waals surface area contributed by atoms with Crippen LogP contribution in [0.1, 0.15) is 47.0 Å². The summed E-state index contributed by atoms with van der Waals surface area (Å²) in [4.78, 5) is 0. The van der Waals surface area contributed by atoms with E-state index in [4.69, 9.17) is 0 Å². The lowest BCUT2D eigenvalue weighted by Gasteiger charge is -2.34. The average molecular weight is 183 g/mol. The quantitative estimate of drug-likeness (QED) is 0.608. The molecule has 1 aliphatic heterocycles. The zero-order valence-electron chi connectivity index (χ0n) is 9.69. The molecular weight excluding hydrogens is 158 g/mol. The molecule has 0 aromatic rings. The largest absolute Gasteiger partial charge is 0.316 e. The van der Waals surface area contributed by atoms with Crippen LogP contribution in [0.15, 0.2) is 0 Å². The van der Waals surface area contributed by atoms with Crippen LogP contribution in [-0.2, 0) is 0 Å². The molecule has 0 radical (unpaired) electrons. The van der Waals surface area contributed by atoms with E-state index in [-0.39, 0.29) is 0 Å². The van der Waals surface area contributed by atoms with Crippen molar-refractivity contribution in [3.8, 4) is 0 Å². The smallest absolute Gasteiger partial charge is 0.00127 e. The van der Waals surface area contributed by atoms with Crippen molar-refractivity contribution < 1.29 is 0 Å². The van der Waals surface area contributed by atoms with Crippen LogP contribution >= 0.6 is 0 Å². The van der Waals surface area contributed by atoms with Crippen molar-refractivity contribution in [2.24, 2.45) is 17.3 Å². The van der Waals surface area contributed by atoms with Gasteiger partial charge in [-0.3, -0.25) is 0 Å². The number of hydrogen-bond donors (Lipinski definition) is 1. The minimum Gasteiger partial charge on any atom is -0.316 e. The van der Waals surface area contributed by atoms with E-state index in [1.807, 2.05) is 13.8 Å². The van der Waals surface area contributed by atoms with Crippen molar-refractivity contribution in [2.75, 3.05) is 13.1 Å². The van der Waals surface area contributed by atoms with Crippen LogP contribution in [0.4, 0.5) is 0 Å². The van der Waals surface area contributed by atoms with E-state index in [0.29, 0.717) is 5.41 Å². The Balaban J connectivity index is 0.000000396. The summed E-state index contributed by atoms with van der Waals surface area (Å²) in [5.41, 5.74) is 0.623. The highest BCUT2D eigenvalue weighted by molar-refractivity contribution is 4.94. The Morgan fingerprint density at radius 1 is 1.15 bits per heavy atom. The van der Waals surface area contributed by atoms with Gasteiger partial charge in [-0.15, -0.1) is 0 Å². The molecule has 2 fully saturated rings. The van der Waals surface area contributed by atoms with Crippen molar-refractivity contribution >= 4 is 0 Å². The predicted molar refractivity (Wildman–Crippen MR) is 58.8 cm³/mol. The molecule has 2 unspecified atom stereocenters. The molecule has 2 atom stereocenters. The second-order valence-corrected chi connectivity index (χ2v) is 4.89. The average Bonchev–Trinajstić information content (AvgIpc) is 2.47. The molecule has 0 amide bonds. The molecule has 0 aromatic carbocycles. The van der Waals surface area contributed by atoms with Crippen molar-refractivity contribution in [3.05, 3.63) is 0 Å². The third-order valence-corrected chi connectivity index (χ3v) is 3.79. The molecule has 1 aliphatic carbocycles. The second kappa shape index (κ2) is 4.45. The summed E-state index contributed by atoms with van der Waals surface area (Å²) in [6.45, 7) is 11.4. The van der Waals surface area contributed by atoms with Crippen molar-refractivity contribution in [3.63, 3.8) is 0 Å². The molecule has 0 spiro atoms. The van der Waals surface area contributed by atoms with Gasteiger partial charge in [0, 0.05) is 0 Å². The minimum absolute atomic E-state index is 0.623. The normalized spacial score (nSPS) is 36.0. The monoisotopic (exact) mass is 183 g/mol. The van der Waals surface area contributed by atoms with Gasteiger partial charge in [0.25, 0.3) is 0 Å². The molecule has 1 saturated carbocycles. The molecule has 1 heterocycles. The van der Waals surface area contributed by atoms with Crippen LogP contribution in [-0.4, -0.2) is 13.1 Å². The summed E-state index contributed by atoms with van der Waals surface area (Å²) in [5.74, 6) is 2.02. The maximum Gasteiger partial charge on any atom is -0.00127 e. The number of piperidine rings is 1. The standard InChI is InChI=1S/C10H19N.C2H6/c1-10(2)5-3-8-4-6-11-7-9(8)10;1-2/h8-9,11H,3-7H2,1-2H3;1-2H3. The Hall–Kier alpha value is -0.0400. The highest BCUT2D eigenvalue weighted by atomic mass is 14.9. The molecule has 1 heteroatoms. The fourth-order valence-electron chi connectivity index (χ4n) is 2.92. The van der Waals surface area contributed by atoms with Crippen LogP contribution in [0.3, 0.4) is 0 Å². The van der Waals surface area contributed by atoms with Crippen LogP contribution < -0.4 is 5.32 Å². The molecule has 2 rings (SSSR count). The maximum absolute atomic E-state index is 3.51. The minimum atomic E-state index is 0.623. The van der Waals surface area contributed by atoms with E-state index in [1.54, 1.807) is 0 Å². The summed E-state index contributed by atoms with van der Waals surface area (Å²) in [5, 5.41) is 3.51. The lowest BCUT2D eigenvalue weighted by atomic mass is 9.76. The lowest BCUT2D eigenvalue weighted by Crippen LogP contribution is -2.39. The highest BCUT2D eigenvalue weighted by Crippen LogP contribution is 2.48. The van der Waals surface area contributed by atoms with Gasteiger partial charge < -0.3 is 5.32 Å². The van der Waals surface area contributed by atoms with E-state index < -0.39 is 0 Å². The fraction of sp³-hybridized carbons (Fsp3) is 1.00. The van der Waals surface area contributed by atoms with Gasteiger partial charge in [0.1, 0.15) is 0 Å². The van der Waals surface area contributed by atoms with Crippen LogP contribution in [0.5, 0.6) is 0 Å². The van der Waals surface area contributed by atoms with Gasteiger partial charge in [-0.2, -0.15) is 0 Å². The molecule has 78 valence electrons. The molecule has 13 heavy (non-hydrogen) atoms. The topological polar surface area (TPSA) is 12.0 Å². The molecule has 2 aliphatic rings. The summed E-state index contributed by atoms with van der Waals surface area (Å²) in [7, 11) is 0. The summed E-state index contributed by atoms with van der Waals surface area (Å²) < 4.78 is 0. The molecule has 0 aromatic heterocycles. The van der Waals surface area contributed by atoms with E-state index in [0.717, 1.165) is 11.8 Å². The second-order valence-electron chi connectivity index (χ2n) is 4.89. The SMILES string of the molecule is CC.CC1(C)CCC2CCNCC21. The van der Waals surface area contributed by atoms with E-state index in [2.05, 4.69) is 19.2 Å². The Morgan fingerprint density at radius 2 is 1.85 bits per heavy atom.